The zero-order valence-corrected chi connectivity index (χ0v) is 38.4. The summed E-state index contributed by atoms with van der Waals surface area (Å²) in [6, 6.07) is 0. The summed E-state index contributed by atoms with van der Waals surface area (Å²) in [5.41, 5.74) is -0.369. The molecule has 0 saturated carbocycles. The summed E-state index contributed by atoms with van der Waals surface area (Å²) < 4.78 is 65.9. The molecule has 0 aromatic heterocycles. The zero-order chi connectivity index (χ0) is 35.3. The Morgan fingerprint density at radius 1 is 0.440 bits per heavy atom. The Morgan fingerprint density at radius 2 is 0.780 bits per heavy atom. The molecular formula is C38H77Na2O9S+. The van der Waals surface area contributed by atoms with Crippen molar-refractivity contribution in [2.24, 2.45) is 5.41 Å². The predicted octanol–water partition coefficient (Wildman–Crippen LogP) is 3.57. The van der Waals surface area contributed by atoms with Gasteiger partial charge in [0, 0.05) is 32.3 Å². The molecule has 0 aliphatic rings. The van der Waals surface area contributed by atoms with Crippen molar-refractivity contribution in [1.82, 2.24) is 0 Å². The van der Waals surface area contributed by atoms with E-state index in [4.69, 9.17) is 23.7 Å². The maximum Gasteiger partial charge on any atom is 1.00 e. The molecule has 1 atom stereocenters. The monoisotopic (exact) mass is 756 g/mol. The van der Waals surface area contributed by atoms with Crippen molar-refractivity contribution in [2.45, 2.75) is 168 Å². The fourth-order valence-corrected chi connectivity index (χ4v) is 6.18. The molecule has 0 aliphatic heterocycles. The smallest absolute Gasteiger partial charge is 0.726 e. The van der Waals surface area contributed by atoms with E-state index in [1.165, 1.54) is 122 Å². The molecule has 0 radical (unpaired) electrons. The Morgan fingerprint density at radius 3 is 1.18 bits per heavy atom. The van der Waals surface area contributed by atoms with Crippen LogP contribution in [-0.4, -0.2) is 86.1 Å². The van der Waals surface area contributed by atoms with E-state index in [2.05, 4.69) is 18.0 Å². The van der Waals surface area contributed by atoms with Crippen molar-refractivity contribution < 1.29 is 100.0 Å². The predicted molar refractivity (Wildman–Crippen MR) is 195 cm³/mol. The van der Waals surface area contributed by atoms with Gasteiger partial charge in [0.25, 0.3) is 0 Å². The van der Waals surface area contributed by atoms with Crippen LogP contribution in [-0.2, 0) is 38.3 Å². The number of rotatable bonds is 41. The van der Waals surface area contributed by atoms with E-state index in [0.29, 0.717) is 39.6 Å². The fraction of sp³-hybridized carbons (Fsp3) is 1.00. The largest absolute Gasteiger partial charge is 1.00 e. The molecule has 0 aromatic rings. The first kappa shape index (κ1) is 56.0. The second-order valence-electron chi connectivity index (χ2n) is 13.7. The van der Waals surface area contributed by atoms with Gasteiger partial charge < -0.3 is 28.2 Å². The van der Waals surface area contributed by atoms with E-state index in [1.54, 1.807) is 7.11 Å². The molecule has 0 N–H and O–H groups in total. The summed E-state index contributed by atoms with van der Waals surface area (Å²) in [5, 5.41) is 0. The van der Waals surface area contributed by atoms with Crippen LogP contribution in [0.25, 0.3) is 0 Å². The third-order valence-electron chi connectivity index (χ3n) is 8.89. The van der Waals surface area contributed by atoms with Gasteiger partial charge in [-0.1, -0.05) is 142 Å². The average Bonchev–Trinajstić information content (AvgIpc) is 3.06. The van der Waals surface area contributed by atoms with Crippen LogP contribution in [0.2, 0.25) is 0 Å². The van der Waals surface area contributed by atoms with Crippen molar-refractivity contribution in [1.29, 1.82) is 0 Å². The van der Waals surface area contributed by atoms with Crippen LogP contribution < -0.4 is 59.1 Å². The first-order chi connectivity index (χ1) is 23.4. The zero-order valence-electron chi connectivity index (χ0n) is 33.6. The molecule has 0 saturated heterocycles. The minimum Gasteiger partial charge on any atom is -0.726 e. The Balaban J connectivity index is -0.0000110. The molecule has 0 aliphatic carbocycles. The second kappa shape index (κ2) is 43.4. The summed E-state index contributed by atoms with van der Waals surface area (Å²) in [5.74, 6) is 0. The second-order valence-corrected chi connectivity index (χ2v) is 14.7. The van der Waals surface area contributed by atoms with Gasteiger partial charge in [-0.05, 0) is 25.7 Å². The van der Waals surface area contributed by atoms with Crippen molar-refractivity contribution in [3.63, 3.8) is 0 Å². The van der Waals surface area contributed by atoms with Crippen LogP contribution >= 0.6 is 0 Å². The van der Waals surface area contributed by atoms with Gasteiger partial charge in [-0.3, -0.25) is 4.18 Å². The molecule has 0 unspecified atom stereocenters. The molecule has 50 heavy (non-hydrogen) atoms. The number of hydrogen-bond acceptors (Lipinski definition) is 9. The Bertz CT molecular complexity index is 716. The maximum atomic E-state index is 10.8. The van der Waals surface area contributed by atoms with E-state index >= 15 is 0 Å². The summed E-state index contributed by atoms with van der Waals surface area (Å²) in [4.78, 5) is 0. The molecule has 0 spiro atoms. The molecular weight excluding hydrogens is 678 g/mol. The van der Waals surface area contributed by atoms with Gasteiger partial charge in [0.1, 0.15) is 0 Å². The van der Waals surface area contributed by atoms with Crippen LogP contribution in [0.15, 0.2) is 0 Å². The summed E-state index contributed by atoms with van der Waals surface area (Å²) >= 11 is 0. The van der Waals surface area contributed by atoms with Gasteiger partial charge in [0.05, 0.1) is 46.2 Å². The van der Waals surface area contributed by atoms with E-state index in [0.717, 1.165) is 45.3 Å². The van der Waals surface area contributed by atoms with E-state index in [-0.39, 0.29) is 77.7 Å². The Kier molecular flexibility index (Phi) is 48.6. The molecule has 0 bridgehead atoms. The van der Waals surface area contributed by atoms with Crippen molar-refractivity contribution in [3.8, 4) is 0 Å². The van der Waals surface area contributed by atoms with Gasteiger partial charge in [-0.15, -0.1) is 0 Å². The summed E-state index contributed by atoms with van der Waals surface area (Å²) in [6.45, 7) is 8.98. The SMILES string of the molecule is CCCCCCCCCCCCCCOC[C@](CCCCCCCCOCCCCCCC)(COCCOC)COCCOS(=O)(=O)[O-].[Na+].[Na+]. The number of hydrogen-bond donors (Lipinski definition) is 0. The number of methoxy groups -OCH3 is 1. The molecule has 0 rings (SSSR count). The van der Waals surface area contributed by atoms with Gasteiger partial charge in [-0.2, -0.15) is 0 Å². The summed E-state index contributed by atoms with van der Waals surface area (Å²) in [6.07, 6.45) is 29.7. The van der Waals surface area contributed by atoms with Gasteiger partial charge in [-0.25, -0.2) is 8.42 Å². The first-order valence-electron chi connectivity index (χ1n) is 19.8. The van der Waals surface area contributed by atoms with Crippen molar-refractivity contribution in [3.05, 3.63) is 0 Å². The average molecular weight is 756 g/mol. The van der Waals surface area contributed by atoms with E-state index in [9.17, 15) is 13.0 Å². The van der Waals surface area contributed by atoms with Crippen LogP contribution in [0.1, 0.15) is 168 Å². The normalized spacial score (nSPS) is 12.8. The van der Waals surface area contributed by atoms with Gasteiger partial charge >= 0.3 is 59.1 Å². The fourth-order valence-electron chi connectivity index (χ4n) is 5.91. The molecule has 0 fully saturated rings. The van der Waals surface area contributed by atoms with Crippen LogP contribution in [0.5, 0.6) is 0 Å². The third kappa shape index (κ3) is 42.4. The quantitative estimate of drug-likeness (QED) is 0.0401. The molecule has 290 valence electrons. The standard InChI is InChI=1S/C38H78O9S.2Na/c1-4-6-8-10-11-12-13-14-15-17-22-26-30-44-35-38(36-45-32-31-42-3,37-46-33-34-47-48(39,40)41)27-23-19-16-18-21-25-29-43-28-24-20-9-7-5-2;;/h4-37H2,1-3H3,(H,39,40,41);;/q;2*+1/p-1/t38-;;/m1../s1. The minimum atomic E-state index is -4.74. The third-order valence-corrected chi connectivity index (χ3v) is 9.35. The van der Waals surface area contributed by atoms with E-state index < -0.39 is 10.4 Å². The molecule has 0 aromatic carbocycles. The summed E-state index contributed by atoms with van der Waals surface area (Å²) in [7, 11) is -3.08. The van der Waals surface area contributed by atoms with Gasteiger partial charge in [0.15, 0.2) is 0 Å². The Labute approximate surface area is 354 Å². The maximum absolute atomic E-state index is 10.8. The minimum absolute atomic E-state index is 0. The van der Waals surface area contributed by atoms with E-state index in [1.807, 2.05) is 0 Å². The van der Waals surface area contributed by atoms with Crippen LogP contribution in [0, 0.1) is 5.41 Å². The molecule has 0 amide bonds. The van der Waals surface area contributed by atoms with Crippen LogP contribution in [0.3, 0.4) is 0 Å². The van der Waals surface area contributed by atoms with Crippen LogP contribution in [0.4, 0.5) is 0 Å². The first-order valence-corrected chi connectivity index (χ1v) is 21.1. The number of unbranched alkanes of at least 4 members (excludes halogenated alkanes) is 20. The molecule has 12 heteroatoms. The van der Waals surface area contributed by atoms with Crippen molar-refractivity contribution >= 4 is 10.4 Å². The van der Waals surface area contributed by atoms with Gasteiger partial charge in [0.2, 0.25) is 10.4 Å². The number of ether oxygens (including phenoxy) is 5. The Hall–Kier alpha value is 1.67. The molecule has 9 nitrogen and oxygen atoms in total. The molecule has 0 heterocycles. The van der Waals surface area contributed by atoms with Crippen molar-refractivity contribution in [2.75, 3.05) is 73.2 Å². The topological polar surface area (TPSA) is 113 Å².